The fourth-order valence-electron chi connectivity index (χ4n) is 2.95. The van der Waals surface area contributed by atoms with Crippen LogP contribution in [0.5, 0.6) is 17.2 Å². The molecule has 1 aliphatic heterocycles. The lowest BCUT2D eigenvalue weighted by Crippen LogP contribution is -2.00. The molecule has 5 heteroatoms. The molecule has 4 nitrogen and oxygen atoms in total. The van der Waals surface area contributed by atoms with Gasteiger partial charge in [-0.3, -0.25) is 0 Å². The summed E-state index contributed by atoms with van der Waals surface area (Å²) < 4.78 is 22.3. The number of methoxy groups -OCH3 is 3. The van der Waals surface area contributed by atoms with Gasteiger partial charge in [0, 0.05) is 12.4 Å². The van der Waals surface area contributed by atoms with Crippen molar-refractivity contribution in [2.75, 3.05) is 27.9 Å². The van der Waals surface area contributed by atoms with Gasteiger partial charge in [-0.2, -0.15) is 0 Å². The molecular formula is C20H24O4S. The third-order valence-corrected chi connectivity index (χ3v) is 5.50. The van der Waals surface area contributed by atoms with Crippen LogP contribution in [0.3, 0.4) is 0 Å². The van der Waals surface area contributed by atoms with E-state index in [0.717, 1.165) is 52.9 Å². The van der Waals surface area contributed by atoms with Gasteiger partial charge in [0.15, 0.2) is 0 Å². The molecule has 25 heavy (non-hydrogen) atoms. The Balaban J connectivity index is 1.80. The van der Waals surface area contributed by atoms with E-state index in [1.165, 1.54) is 5.56 Å². The van der Waals surface area contributed by atoms with E-state index >= 15 is 0 Å². The summed E-state index contributed by atoms with van der Waals surface area (Å²) in [5.74, 6) is 3.37. The van der Waals surface area contributed by atoms with Gasteiger partial charge in [0.2, 0.25) is 0 Å². The molecule has 0 radical (unpaired) electrons. The molecule has 1 fully saturated rings. The summed E-state index contributed by atoms with van der Waals surface area (Å²) in [6, 6.07) is 12.3. The Morgan fingerprint density at radius 1 is 1.00 bits per heavy atom. The van der Waals surface area contributed by atoms with Gasteiger partial charge >= 0.3 is 0 Å². The zero-order chi connectivity index (χ0) is 17.6. The summed E-state index contributed by atoms with van der Waals surface area (Å²) in [7, 11) is 5.08. The van der Waals surface area contributed by atoms with Gasteiger partial charge in [-0.1, -0.05) is 12.1 Å². The highest BCUT2D eigenvalue weighted by atomic mass is 32.2. The number of ether oxygens (including phenoxy) is 4. The van der Waals surface area contributed by atoms with E-state index in [9.17, 15) is 0 Å². The van der Waals surface area contributed by atoms with Gasteiger partial charge in [-0.25, -0.2) is 0 Å². The maximum Gasteiger partial charge on any atom is 0.136 e. The Hall–Kier alpha value is -1.85. The monoisotopic (exact) mass is 360 g/mol. The molecule has 0 amide bonds. The van der Waals surface area contributed by atoms with Gasteiger partial charge in [0.1, 0.15) is 17.2 Å². The molecule has 0 bridgehead atoms. The number of benzene rings is 2. The summed E-state index contributed by atoms with van der Waals surface area (Å²) in [5.41, 5.74) is 2.35. The average Bonchev–Trinajstić information content (AvgIpc) is 3.20. The molecule has 134 valence electrons. The molecule has 1 saturated heterocycles. The maximum absolute atomic E-state index is 5.80. The summed E-state index contributed by atoms with van der Waals surface area (Å²) in [6.07, 6.45) is 2.29. The van der Waals surface area contributed by atoms with Crippen molar-refractivity contribution in [1.82, 2.24) is 0 Å². The van der Waals surface area contributed by atoms with Crippen molar-refractivity contribution < 1.29 is 18.9 Å². The minimum atomic E-state index is 0.142. The predicted octanol–water partition coefficient (Wildman–Crippen LogP) is 4.86. The van der Waals surface area contributed by atoms with E-state index in [4.69, 9.17) is 18.9 Å². The molecule has 0 aliphatic carbocycles. The molecule has 0 spiro atoms. The molecule has 1 heterocycles. The van der Waals surface area contributed by atoms with Crippen LogP contribution < -0.4 is 14.2 Å². The largest absolute Gasteiger partial charge is 0.497 e. The first-order valence-electron chi connectivity index (χ1n) is 8.38. The van der Waals surface area contributed by atoms with E-state index in [2.05, 4.69) is 24.3 Å². The first-order valence-corrected chi connectivity index (χ1v) is 9.37. The van der Waals surface area contributed by atoms with Crippen molar-refractivity contribution in [2.24, 2.45) is 0 Å². The van der Waals surface area contributed by atoms with E-state index in [1.54, 1.807) is 33.1 Å². The molecule has 0 saturated carbocycles. The van der Waals surface area contributed by atoms with Crippen molar-refractivity contribution in [3.63, 3.8) is 0 Å². The Labute approximate surface area is 153 Å². The van der Waals surface area contributed by atoms with E-state index < -0.39 is 0 Å². The molecule has 1 aliphatic rings. The van der Waals surface area contributed by atoms with Gasteiger partial charge in [0.25, 0.3) is 0 Å². The number of hydrogen-bond donors (Lipinski definition) is 0. The van der Waals surface area contributed by atoms with Crippen LogP contribution >= 0.6 is 11.8 Å². The first-order chi connectivity index (χ1) is 12.2. The lowest BCUT2D eigenvalue weighted by Gasteiger charge is -2.17. The van der Waals surface area contributed by atoms with Crippen molar-refractivity contribution in [2.45, 2.75) is 29.6 Å². The molecule has 2 aromatic rings. The Bertz CT molecular complexity index is 668. The van der Waals surface area contributed by atoms with Gasteiger partial charge in [-0.05, 0) is 48.2 Å². The van der Waals surface area contributed by atoms with Crippen LogP contribution in [0, 0.1) is 0 Å². The standard InChI is InChI=1S/C20H24O4S/c1-21-16-8-6-14(7-9-16)13-25-20-18(22-2)11-15(12-19(20)23-3)17-5-4-10-24-17/h6-9,11-12,17H,4-5,10,13H2,1-3H3/t17-/m1/s1. The van der Waals surface area contributed by atoms with Crippen molar-refractivity contribution in [1.29, 1.82) is 0 Å². The van der Waals surface area contributed by atoms with E-state index in [1.807, 2.05) is 12.1 Å². The minimum Gasteiger partial charge on any atom is -0.497 e. The second-order valence-electron chi connectivity index (χ2n) is 5.89. The third kappa shape index (κ3) is 4.22. The van der Waals surface area contributed by atoms with Gasteiger partial charge in [-0.15, -0.1) is 11.8 Å². The topological polar surface area (TPSA) is 36.9 Å². The van der Waals surface area contributed by atoms with E-state index in [0.29, 0.717) is 0 Å². The molecular weight excluding hydrogens is 336 g/mol. The zero-order valence-corrected chi connectivity index (χ0v) is 15.7. The normalized spacial score (nSPS) is 16.7. The van der Waals surface area contributed by atoms with Crippen molar-refractivity contribution in [3.05, 3.63) is 47.5 Å². The highest BCUT2D eigenvalue weighted by Gasteiger charge is 2.22. The lowest BCUT2D eigenvalue weighted by atomic mass is 10.1. The van der Waals surface area contributed by atoms with Crippen LogP contribution in [-0.2, 0) is 10.5 Å². The van der Waals surface area contributed by atoms with Crippen molar-refractivity contribution >= 4 is 11.8 Å². The molecule has 1 atom stereocenters. The van der Waals surface area contributed by atoms with Gasteiger partial charge < -0.3 is 18.9 Å². The number of hydrogen-bond acceptors (Lipinski definition) is 5. The average molecular weight is 360 g/mol. The molecule has 0 N–H and O–H groups in total. The second-order valence-corrected chi connectivity index (χ2v) is 6.88. The predicted molar refractivity (Wildman–Crippen MR) is 100 cm³/mol. The highest BCUT2D eigenvalue weighted by molar-refractivity contribution is 7.98. The number of rotatable bonds is 7. The summed E-state index contributed by atoms with van der Waals surface area (Å²) >= 11 is 1.71. The molecule has 2 aromatic carbocycles. The van der Waals surface area contributed by atoms with Crippen molar-refractivity contribution in [3.8, 4) is 17.2 Å². The first kappa shape index (κ1) is 18.0. The van der Waals surface area contributed by atoms with Gasteiger partial charge in [0.05, 0.1) is 32.3 Å². The number of thioether (sulfide) groups is 1. The van der Waals surface area contributed by atoms with Crippen LogP contribution in [0.25, 0.3) is 0 Å². The summed E-state index contributed by atoms with van der Waals surface area (Å²) in [6.45, 7) is 0.823. The Kier molecular flexibility index (Phi) is 6.10. The van der Waals surface area contributed by atoms with Crippen LogP contribution in [0.15, 0.2) is 41.3 Å². The smallest absolute Gasteiger partial charge is 0.136 e. The molecule has 0 aromatic heterocycles. The van der Waals surface area contributed by atoms with Crippen LogP contribution in [0.4, 0.5) is 0 Å². The third-order valence-electron chi connectivity index (χ3n) is 4.33. The Morgan fingerprint density at radius 3 is 2.20 bits per heavy atom. The second kappa shape index (κ2) is 8.50. The Morgan fingerprint density at radius 2 is 1.68 bits per heavy atom. The van der Waals surface area contributed by atoms with E-state index in [-0.39, 0.29) is 6.10 Å². The fraction of sp³-hybridized carbons (Fsp3) is 0.400. The lowest BCUT2D eigenvalue weighted by molar-refractivity contribution is 0.111. The zero-order valence-electron chi connectivity index (χ0n) is 14.9. The van der Waals surface area contributed by atoms with Crippen LogP contribution in [-0.4, -0.2) is 27.9 Å². The molecule has 3 rings (SSSR count). The minimum absolute atomic E-state index is 0.142. The SMILES string of the molecule is COc1ccc(CSc2c(OC)cc([C@H]3CCCO3)cc2OC)cc1. The van der Waals surface area contributed by atoms with Crippen LogP contribution in [0.2, 0.25) is 0 Å². The quantitative estimate of drug-likeness (QED) is 0.659. The summed E-state index contributed by atoms with van der Waals surface area (Å²) in [4.78, 5) is 1.02. The highest BCUT2D eigenvalue weighted by Crippen LogP contribution is 2.43. The van der Waals surface area contributed by atoms with Crippen LogP contribution in [0.1, 0.15) is 30.1 Å². The summed E-state index contributed by atoms with van der Waals surface area (Å²) in [5, 5.41) is 0. The molecule has 0 unspecified atom stereocenters. The maximum atomic E-state index is 5.80. The fourth-order valence-corrected chi connectivity index (χ4v) is 4.02.